The lowest BCUT2D eigenvalue weighted by atomic mass is 10.0. The van der Waals surface area contributed by atoms with E-state index in [1.807, 2.05) is 43.3 Å². The fraction of sp³-hybridized carbons (Fsp3) is 0.250. The summed E-state index contributed by atoms with van der Waals surface area (Å²) in [6.45, 7) is 2.87. The van der Waals surface area contributed by atoms with E-state index in [0.717, 1.165) is 36.5 Å². The third-order valence-electron chi connectivity index (χ3n) is 4.65. The molecule has 1 unspecified atom stereocenters. The molecule has 0 amide bonds. The normalized spacial score (nSPS) is 17.0. The van der Waals surface area contributed by atoms with Crippen molar-refractivity contribution in [3.05, 3.63) is 65.9 Å². The Morgan fingerprint density at radius 1 is 1.19 bits per heavy atom. The number of allylic oxidation sites excluding steroid dienone is 1. The molecule has 0 saturated carbocycles. The Kier molecular flexibility index (Phi) is 4.82. The van der Waals surface area contributed by atoms with Crippen molar-refractivity contribution >= 4 is 23.5 Å². The van der Waals surface area contributed by atoms with E-state index in [2.05, 4.69) is 30.4 Å². The highest BCUT2D eigenvalue weighted by molar-refractivity contribution is 5.59. The predicted octanol–water partition coefficient (Wildman–Crippen LogP) is 4.46. The molecule has 1 atom stereocenters. The molecule has 2 aromatic heterocycles. The SMILES string of the molecule is C/C=C/c1cc(Nc2cc(N3CCCC3c3ccc(F)cc3)ncn2)n[nH]1. The Labute approximate surface area is 157 Å². The van der Waals surface area contributed by atoms with Crippen molar-refractivity contribution in [1.82, 2.24) is 20.2 Å². The average Bonchev–Trinajstić information content (AvgIpc) is 3.33. The van der Waals surface area contributed by atoms with E-state index in [1.54, 1.807) is 6.33 Å². The van der Waals surface area contributed by atoms with Gasteiger partial charge in [-0.3, -0.25) is 5.10 Å². The zero-order chi connectivity index (χ0) is 18.6. The van der Waals surface area contributed by atoms with E-state index in [0.29, 0.717) is 11.6 Å². The van der Waals surface area contributed by atoms with Crippen LogP contribution in [0.15, 0.2) is 48.8 Å². The number of H-pyrrole nitrogens is 1. The summed E-state index contributed by atoms with van der Waals surface area (Å²) in [6.07, 6.45) is 7.53. The lowest BCUT2D eigenvalue weighted by Crippen LogP contribution is -2.23. The van der Waals surface area contributed by atoms with Crippen LogP contribution in [-0.2, 0) is 0 Å². The number of anilines is 3. The number of nitrogens with zero attached hydrogens (tertiary/aromatic N) is 4. The minimum Gasteiger partial charge on any atom is -0.349 e. The van der Waals surface area contributed by atoms with Gasteiger partial charge in [0.2, 0.25) is 0 Å². The number of nitrogens with one attached hydrogen (secondary N) is 2. The van der Waals surface area contributed by atoms with Crippen LogP contribution in [0.5, 0.6) is 0 Å². The van der Waals surface area contributed by atoms with E-state index >= 15 is 0 Å². The van der Waals surface area contributed by atoms with Crippen LogP contribution in [0.2, 0.25) is 0 Å². The van der Waals surface area contributed by atoms with Crippen LogP contribution < -0.4 is 10.2 Å². The molecule has 2 N–H and O–H groups in total. The van der Waals surface area contributed by atoms with Crippen LogP contribution in [-0.4, -0.2) is 26.7 Å². The number of halogens is 1. The fourth-order valence-electron chi connectivity index (χ4n) is 3.44. The third-order valence-corrected chi connectivity index (χ3v) is 4.65. The zero-order valence-corrected chi connectivity index (χ0v) is 15.1. The molecule has 7 heteroatoms. The minimum atomic E-state index is -0.215. The smallest absolute Gasteiger partial charge is 0.153 e. The zero-order valence-electron chi connectivity index (χ0n) is 15.1. The first kappa shape index (κ1) is 17.2. The highest BCUT2D eigenvalue weighted by Crippen LogP contribution is 2.35. The van der Waals surface area contributed by atoms with Crippen LogP contribution >= 0.6 is 0 Å². The Bertz CT molecular complexity index is 934. The number of hydrogen-bond acceptors (Lipinski definition) is 5. The van der Waals surface area contributed by atoms with Crippen LogP contribution in [0.25, 0.3) is 6.08 Å². The number of rotatable bonds is 5. The second-order valence-electron chi connectivity index (χ2n) is 6.50. The first-order valence-electron chi connectivity index (χ1n) is 9.02. The molecule has 1 aliphatic heterocycles. The maximum Gasteiger partial charge on any atom is 0.153 e. The molecule has 138 valence electrons. The highest BCUT2D eigenvalue weighted by Gasteiger charge is 2.27. The van der Waals surface area contributed by atoms with Crippen molar-refractivity contribution in [2.45, 2.75) is 25.8 Å². The van der Waals surface area contributed by atoms with E-state index in [4.69, 9.17) is 0 Å². The van der Waals surface area contributed by atoms with Gasteiger partial charge in [-0.1, -0.05) is 18.2 Å². The fourth-order valence-corrected chi connectivity index (χ4v) is 3.44. The summed E-state index contributed by atoms with van der Waals surface area (Å²) in [5.74, 6) is 2.02. The van der Waals surface area contributed by atoms with Crippen molar-refractivity contribution in [3.8, 4) is 0 Å². The summed E-state index contributed by atoms with van der Waals surface area (Å²) in [5, 5.41) is 10.4. The molecule has 3 heterocycles. The maximum absolute atomic E-state index is 13.2. The van der Waals surface area contributed by atoms with Crippen LogP contribution in [0.3, 0.4) is 0 Å². The van der Waals surface area contributed by atoms with Gasteiger partial charge in [-0.25, -0.2) is 14.4 Å². The number of benzene rings is 1. The van der Waals surface area contributed by atoms with Crippen molar-refractivity contribution in [3.63, 3.8) is 0 Å². The Morgan fingerprint density at radius 2 is 2.04 bits per heavy atom. The van der Waals surface area contributed by atoms with Gasteiger partial charge in [-0.05, 0) is 43.5 Å². The molecule has 1 saturated heterocycles. The van der Waals surface area contributed by atoms with Gasteiger partial charge in [0.25, 0.3) is 0 Å². The van der Waals surface area contributed by atoms with Gasteiger partial charge in [-0.2, -0.15) is 5.10 Å². The van der Waals surface area contributed by atoms with Crippen molar-refractivity contribution in [2.75, 3.05) is 16.8 Å². The summed E-state index contributed by atoms with van der Waals surface area (Å²) < 4.78 is 13.2. The van der Waals surface area contributed by atoms with Gasteiger partial charge in [0.05, 0.1) is 11.7 Å². The molecule has 3 aromatic rings. The third kappa shape index (κ3) is 3.81. The molecule has 0 radical (unpaired) electrons. The predicted molar refractivity (Wildman–Crippen MR) is 104 cm³/mol. The van der Waals surface area contributed by atoms with Crippen LogP contribution in [0, 0.1) is 5.82 Å². The quantitative estimate of drug-likeness (QED) is 0.700. The largest absolute Gasteiger partial charge is 0.349 e. The van der Waals surface area contributed by atoms with Gasteiger partial charge < -0.3 is 10.2 Å². The first-order chi connectivity index (χ1) is 13.2. The number of aromatic amines is 1. The molecule has 1 fully saturated rings. The summed E-state index contributed by atoms with van der Waals surface area (Å²) in [6, 6.07) is 10.8. The topological polar surface area (TPSA) is 69.7 Å². The molecule has 4 rings (SSSR count). The molecule has 0 aliphatic carbocycles. The van der Waals surface area contributed by atoms with Crippen LogP contribution in [0.4, 0.5) is 21.8 Å². The molecular weight excluding hydrogens is 343 g/mol. The summed E-state index contributed by atoms with van der Waals surface area (Å²) in [4.78, 5) is 11.0. The molecular formula is C20H21FN6. The summed E-state index contributed by atoms with van der Waals surface area (Å²) in [5.41, 5.74) is 2.02. The molecule has 1 aromatic carbocycles. The highest BCUT2D eigenvalue weighted by atomic mass is 19.1. The second kappa shape index (κ2) is 7.57. The summed E-state index contributed by atoms with van der Waals surface area (Å²) in [7, 11) is 0. The van der Waals surface area contributed by atoms with E-state index < -0.39 is 0 Å². The van der Waals surface area contributed by atoms with Gasteiger partial charge in [0.1, 0.15) is 23.8 Å². The van der Waals surface area contributed by atoms with Crippen molar-refractivity contribution in [2.24, 2.45) is 0 Å². The standard InChI is InChI=1S/C20H21FN6/c1-2-4-16-11-19(26-25-16)24-18-12-20(23-13-22-18)27-10-3-5-17(27)14-6-8-15(21)9-7-14/h2,4,6-9,11-13,17H,3,5,10H2,1H3,(H2,22,23,24,25,26)/b4-2+. The minimum absolute atomic E-state index is 0.194. The monoisotopic (exact) mass is 364 g/mol. The van der Waals surface area contributed by atoms with Gasteiger partial charge in [0.15, 0.2) is 5.82 Å². The first-order valence-corrected chi connectivity index (χ1v) is 9.02. The molecule has 1 aliphatic rings. The molecule has 0 bridgehead atoms. The average molecular weight is 364 g/mol. The molecule has 6 nitrogen and oxygen atoms in total. The van der Waals surface area contributed by atoms with Crippen LogP contribution in [0.1, 0.15) is 37.1 Å². The van der Waals surface area contributed by atoms with E-state index in [9.17, 15) is 4.39 Å². The maximum atomic E-state index is 13.2. The summed E-state index contributed by atoms with van der Waals surface area (Å²) >= 11 is 0. The second-order valence-corrected chi connectivity index (χ2v) is 6.50. The Balaban J connectivity index is 1.54. The lowest BCUT2D eigenvalue weighted by molar-refractivity contribution is 0.624. The lowest BCUT2D eigenvalue weighted by Gasteiger charge is -2.26. The Morgan fingerprint density at radius 3 is 2.85 bits per heavy atom. The molecule has 27 heavy (non-hydrogen) atoms. The Hall–Kier alpha value is -3.22. The van der Waals surface area contributed by atoms with Gasteiger partial charge in [0, 0.05) is 18.7 Å². The number of aromatic nitrogens is 4. The van der Waals surface area contributed by atoms with Gasteiger partial charge in [-0.15, -0.1) is 0 Å². The van der Waals surface area contributed by atoms with E-state index in [1.165, 1.54) is 12.1 Å². The number of hydrogen-bond donors (Lipinski definition) is 2. The van der Waals surface area contributed by atoms with Crippen molar-refractivity contribution in [1.29, 1.82) is 0 Å². The van der Waals surface area contributed by atoms with Gasteiger partial charge >= 0.3 is 0 Å². The van der Waals surface area contributed by atoms with E-state index in [-0.39, 0.29) is 11.9 Å². The van der Waals surface area contributed by atoms with Crippen molar-refractivity contribution < 1.29 is 4.39 Å². The molecule has 0 spiro atoms.